The Labute approximate surface area is 161 Å². The van der Waals surface area contributed by atoms with Crippen molar-refractivity contribution in [2.75, 3.05) is 11.9 Å². The molecule has 1 fully saturated rings. The molecule has 0 aliphatic carbocycles. The van der Waals surface area contributed by atoms with Crippen molar-refractivity contribution in [1.29, 1.82) is 0 Å². The van der Waals surface area contributed by atoms with Gasteiger partial charge in [-0.3, -0.25) is 0 Å². The number of amides is 2. The Morgan fingerprint density at radius 2 is 2.04 bits per heavy atom. The number of nitrogens with zero attached hydrogens (tertiary/aromatic N) is 6. The van der Waals surface area contributed by atoms with E-state index >= 15 is 0 Å². The van der Waals surface area contributed by atoms with Crippen LogP contribution in [0.3, 0.4) is 0 Å². The molecule has 1 aliphatic rings. The number of hydrogen-bond acceptors (Lipinski definition) is 4. The standard InChI is InChI=1S/C20H21N7O/c1-13-21-18-15(8-5-12-27(18)24-13)23-20(28)26-11-6-10-17(26)19-22-14-7-3-4-9-16(14)25(19)2/h3-5,7-9,12,17H,6,10-11H2,1-2H3,(H,23,28)/t17-/m0/s1. The summed E-state index contributed by atoms with van der Waals surface area (Å²) in [6, 6.07) is 11.6. The minimum atomic E-state index is -0.136. The lowest BCUT2D eigenvalue weighted by atomic mass is 10.2. The fraction of sp³-hybridized carbons (Fsp3) is 0.300. The molecule has 1 aromatic carbocycles. The number of urea groups is 1. The quantitative estimate of drug-likeness (QED) is 0.583. The molecule has 0 unspecified atom stereocenters. The highest BCUT2D eigenvalue weighted by atomic mass is 16.2. The van der Waals surface area contributed by atoms with Crippen LogP contribution >= 0.6 is 0 Å². The average molecular weight is 375 g/mol. The zero-order chi connectivity index (χ0) is 19.3. The lowest BCUT2D eigenvalue weighted by molar-refractivity contribution is 0.204. The third-order valence-corrected chi connectivity index (χ3v) is 5.34. The van der Waals surface area contributed by atoms with E-state index in [2.05, 4.69) is 26.0 Å². The van der Waals surface area contributed by atoms with Gasteiger partial charge in [0.05, 0.1) is 22.8 Å². The monoisotopic (exact) mass is 375 g/mol. The number of rotatable bonds is 2. The number of benzene rings is 1. The number of pyridine rings is 1. The molecule has 0 saturated carbocycles. The van der Waals surface area contributed by atoms with Crippen molar-refractivity contribution in [1.82, 2.24) is 29.0 Å². The summed E-state index contributed by atoms with van der Waals surface area (Å²) in [5.74, 6) is 1.59. The molecular weight excluding hydrogens is 354 g/mol. The molecule has 1 aliphatic heterocycles. The molecule has 1 N–H and O–H groups in total. The lowest BCUT2D eigenvalue weighted by Gasteiger charge is -2.24. The van der Waals surface area contributed by atoms with E-state index in [-0.39, 0.29) is 12.1 Å². The number of likely N-dealkylation sites (tertiary alicyclic amines) is 1. The number of aromatic nitrogens is 5. The molecule has 5 rings (SSSR count). The summed E-state index contributed by atoms with van der Waals surface area (Å²) < 4.78 is 3.77. The van der Waals surface area contributed by atoms with Crippen LogP contribution in [0.25, 0.3) is 16.7 Å². The van der Waals surface area contributed by atoms with Gasteiger partial charge in [-0.15, -0.1) is 0 Å². The molecule has 0 radical (unpaired) electrons. The van der Waals surface area contributed by atoms with Crippen LogP contribution in [0, 0.1) is 6.92 Å². The molecule has 0 bridgehead atoms. The van der Waals surface area contributed by atoms with Crippen molar-refractivity contribution >= 4 is 28.4 Å². The Bertz CT molecular complexity index is 1190. The van der Waals surface area contributed by atoms with Crippen LogP contribution in [0.5, 0.6) is 0 Å². The number of fused-ring (bicyclic) bond motifs is 2. The smallest absolute Gasteiger partial charge is 0.322 e. The van der Waals surface area contributed by atoms with Gasteiger partial charge in [0.2, 0.25) is 0 Å². The van der Waals surface area contributed by atoms with E-state index in [1.54, 1.807) is 4.52 Å². The van der Waals surface area contributed by atoms with Gasteiger partial charge in [-0.1, -0.05) is 12.1 Å². The van der Waals surface area contributed by atoms with Gasteiger partial charge in [0, 0.05) is 19.8 Å². The number of imidazole rings is 1. The Morgan fingerprint density at radius 1 is 1.18 bits per heavy atom. The highest BCUT2D eigenvalue weighted by molar-refractivity contribution is 5.93. The lowest BCUT2D eigenvalue weighted by Crippen LogP contribution is -2.35. The maximum absolute atomic E-state index is 13.1. The molecule has 28 heavy (non-hydrogen) atoms. The number of carbonyl (C=O) groups is 1. The second-order valence-electron chi connectivity index (χ2n) is 7.15. The van der Waals surface area contributed by atoms with Crippen molar-refractivity contribution in [3.05, 3.63) is 54.2 Å². The molecule has 3 aromatic heterocycles. The predicted molar refractivity (Wildman–Crippen MR) is 106 cm³/mol. The third kappa shape index (κ3) is 2.60. The summed E-state index contributed by atoms with van der Waals surface area (Å²) >= 11 is 0. The summed E-state index contributed by atoms with van der Waals surface area (Å²) in [4.78, 5) is 24.2. The van der Waals surface area contributed by atoms with Gasteiger partial charge in [-0.2, -0.15) is 5.10 Å². The van der Waals surface area contributed by atoms with Gasteiger partial charge < -0.3 is 14.8 Å². The van der Waals surface area contributed by atoms with Gasteiger partial charge in [-0.05, 0) is 44.0 Å². The Morgan fingerprint density at radius 3 is 2.89 bits per heavy atom. The van der Waals surface area contributed by atoms with Gasteiger partial charge in [-0.25, -0.2) is 19.3 Å². The molecule has 8 heteroatoms. The third-order valence-electron chi connectivity index (χ3n) is 5.34. The summed E-state index contributed by atoms with van der Waals surface area (Å²) in [6.45, 7) is 2.54. The number of hydrogen-bond donors (Lipinski definition) is 1. The normalized spacial score (nSPS) is 16.9. The van der Waals surface area contributed by atoms with Crippen LogP contribution in [-0.2, 0) is 7.05 Å². The first-order valence-corrected chi connectivity index (χ1v) is 9.43. The van der Waals surface area contributed by atoms with Gasteiger partial charge >= 0.3 is 6.03 Å². The van der Waals surface area contributed by atoms with Crippen LogP contribution in [-0.4, -0.2) is 41.6 Å². The average Bonchev–Trinajstić information content (AvgIpc) is 3.39. The Kier molecular flexibility index (Phi) is 3.78. The molecular formula is C20H21N7O. The zero-order valence-electron chi connectivity index (χ0n) is 15.8. The first kappa shape index (κ1) is 16.7. The highest BCUT2D eigenvalue weighted by Crippen LogP contribution is 2.33. The van der Waals surface area contributed by atoms with E-state index < -0.39 is 0 Å². The van der Waals surface area contributed by atoms with E-state index in [9.17, 15) is 4.79 Å². The van der Waals surface area contributed by atoms with Gasteiger partial charge in [0.15, 0.2) is 5.65 Å². The van der Waals surface area contributed by atoms with E-state index in [0.29, 0.717) is 23.7 Å². The molecule has 1 atom stereocenters. The number of para-hydroxylation sites is 2. The summed E-state index contributed by atoms with van der Waals surface area (Å²) in [7, 11) is 2.01. The number of carbonyl (C=O) groups excluding carboxylic acids is 1. The van der Waals surface area contributed by atoms with Crippen LogP contribution in [0.1, 0.15) is 30.5 Å². The second kappa shape index (κ2) is 6.33. The molecule has 2 amide bonds. The van der Waals surface area contributed by atoms with Crippen LogP contribution in [0.2, 0.25) is 0 Å². The zero-order valence-corrected chi connectivity index (χ0v) is 15.8. The maximum atomic E-state index is 13.1. The largest absolute Gasteiger partial charge is 0.329 e. The summed E-state index contributed by atoms with van der Waals surface area (Å²) in [5.41, 5.74) is 3.33. The van der Waals surface area contributed by atoms with Crippen molar-refractivity contribution < 1.29 is 4.79 Å². The highest BCUT2D eigenvalue weighted by Gasteiger charge is 2.33. The van der Waals surface area contributed by atoms with Crippen LogP contribution in [0.4, 0.5) is 10.5 Å². The second-order valence-corrected chi connectivity index (χ2v) is 7.15. The first-order valence-electron chi connectivity index (χ1n) is 9.43. The minimum absolute atomic E-state index is 0.0447. The van der Waals surface area contributed by atoms with Crippen molar-refractivity contribution in [3.63, 3.8) is 0 Å². The fourth-order valence-electron chi connectivity index (χ4n) is 4.04. The Balaban J connectivity index is 1.46. The van der Waals surface area contributed by atoms with E-state index in [1.807, 2.05) is 55.4 Å². The number of nitrogens with one attached hydrogen (secondary N) is 1. The fourth-order valence-corrected chi connectivity index (χ4v) is 4.04. The molecule has 0 spiro atoms. The maximum Gasteiger partial charge on any atom is 0.322 e. The SMILES string of the molecule is Cc1nc2c(NC(=O)N3CCC[C@H]3c3nc4ccccc4n3C)cccn2n1. The summed E-state index contributed by atoms with van der Waals surface area (Å²) in [6.07, 6.45) is 3.68. The van der Waals surface area contributed by atoms with E-state index in [1.165, 1.54) is 0 Å². The minimum Gasteiger partial charge on any atom is -0.329 e. The molecule has 4 aromatic rings. The van der Waals surface area contributed by atoms with Crippen LogP contribution in [0.15, 0.2) is 42.6 Å². The van der Waals surface area contributed by atoms with Crippen molar-refractivity contribution in [3.8, 4) is 0 Å². The van der Waals surface area contributed by atoms with Crippen molar-refractivity contribution in [2.45, 2.75) is 25.8 Å². The number of anilines is 1. The molecule has 8 nitrogen and oxygen atoms in total. The van der Waals surface area contributed by atoms with E-state index in [0.717, 1.165) is 29.7 Å². The molecule has 142 valence electrons. The van der Waals surface area contributed by atoms with Gasteiger partial charge in [0.1, 0.15) is 11.6 Å². The first-order chi connectivity index (χ1) is 13.6. The van der Waals surface area contributed by atoms with Crippen molar-refractivity contribution in [2.24, 2.45) is 7.05 Å². The van der Waals surface area contributed by atoms with Gasteiger partial charge in [0.25, 0.3) is 0 Å². The number of aryl methyl sites for hydroxylation is 2. The molecule has 4 heterocycles. The Hall–Kier alpha value is -3.42. The molecule has 1 saturated heterocycles. The van der Waals surface area contributed by atoms with Crippen LogP contribution < -0.4 is 5.32 Å². The summed E-state index contributed by atoms with van der Waals surface area (Å²) in [5, 5.41) is 7.32. The predicted octanol–water partition coefficient (Wildman–Crippen LogP) is 3.29. The van der Waals surface area contributed by atoms with E-state index in [4.69, 9.17) is 4.98 Å². The topological polar surface area (TPSA) is 80.4 Å².